The zero-order valence-corrected chi connectivity index (χ0v) is 19.8. The van der Waals surface area contributed by atoms with Crippen molar-refractivity contribution in [2.75, 3.05) is 10.2 Å². The number of furan rings is 1. The number of hydrogen-bond acceptors (Lipinski definition) is 6. The molecule has 6 nitrogen and oxygen atoms in total. The van der Waals surface area contributed by atoms with Crippen molar-refractivity contribution in [1.82, 2.24) is 0 Å². The van der Waals surface area contributed by atoms with Crippen molar-refractivity contribution >= 4 is 46.3 Å². The first kappa shape index (κ1) is 21.1. The van der Waals surface area contributed by atoms with Gasteiger partial charge in [-0.15, -0.1) is 11.3 Å². The Kier molecular flexibility index (Phi) is 4.47. The molecule has 1 spiro atoms. The van der Waals surface area contributed by atoms with Crippen LogP contribution in [0.5, 0.6) is 0 Å². The fourth-order valence-corrected chi connectivity index (χ4v) is 6.95. The van der Waals surface area contributed by atoms with E-state index in [-0.39, 0.29) is 23.2 Å². The molecule has 0 unspecified atom stereocenters. The van der Waals surface area contributed by atoms with E-state index in [4.69, 9.17) is 4.42 Å². The zero-order chi connectivity index (χ0) is 24.4. The topological polar surface area (TPSA) is 79.6 Å². The third kappa shape index (κ3) is 2.63. The first-order chi connectivity index (χ1) is 17.6. The number of Topliss-reactive ketones (excluding diaryl/α,β-unsaturated/α-hetero) is 2. The van der Waals surface area contributed by atoms with Crippen LogP contribution in [-0.4, -0.2) is 29.6 Å². The summed E-state index contributed by atoms with van der Waals surface area (Å²) in [6.07, 6.45) is 5.39. The molecule has 0 saturated carbocycles. The first-order valence-corrected chi connectivity index (χ1v) is 12.6. The molecular weight excluding hydrogens is 472 g/mol. The number of para-hydroxylation sites is 2. The molecular formula is C29H20N2O4S. The van der Waals surface area contributed by atoms with E-state index in [9.17, 15) is 14.4 Å². The van der Waals surface area contributed by atoms with Crippen molar-refractivity contribution in [3.8, 4) is 0 Å². The molecule has 1 saturated heterocycles. The van der Waals surface area contributed by atoms with Gasteiger partial charge in [-0.05, 0) is 46.8 Å². The van der Waals surface area contributed by atoms with Crippen LogP contribution in [-0.2, 0) is 10.2 Å². The number of carbonyl (C=O) groups excluding carboxylic acids is 3. The molecule has 7 heteroatoms. The summed E-state index contributed by atoms with van der Waals surface area (Å²) >= 11 is 1.34. The molecule has 3 aliphatic rings. The van der Waals surface area contributed by atoms with Gasteiger partial charge in [0, 0.05) is 11.4 Å². The first-order valence-electron chi connectivity index (χ1n) is 11.7. The third-order valence-corrected chi connectivity index (χ3v) is 8.51. The van der Waals surface area contributed by atoms with Gasteiger partial charge in [0.15, 0.2) is 11.5 Å². The Labute approximate surface area is 210 Å². The highest BCUT2D eigenvalue weighted by Crippen LogP contribution is 2.58. The lowest BCUT2D eigenvalue weighted by Gasteiger charge is -2.37. The summed E-state index contributed by atoms with van der Waals surface area (Å²) in [4.78, 5) is 45.2. The third-order valence-electron chi connectivity index (χ3n) is 7.62. The Morgan fingerprint density at radius 2 is 1.78 bits per heavy atom. The summed E-state index contributed by atoms with van der Waals surface area (Å²) in [6.45, 7) is 0. The number of nitrogens with one attached hydrogen (secondary N) is 1. The van der Waals surface area contributed by atoms with Gasteiger partial charge in [-0.2, -0.15) is 0 Å². The molecule has 176 valence electrons. The van der Waals surface area contributed by atoms with E-state index in [1.54, 1.807) is 18.2 Å². The number of thiophene rings is 1. The maximum Gasteiger partial charge on any atom is 0.238 e. The molecule has 5 heterocycles. The van der Waals surface area contributed by atoms with E-state index in [1.807, 2.05) is 77.0 Å². The number of amides is 1. The minimum Gasteiger partial charge on any atom is -0.461 e. The van der Waals surface area contributed by atoms with Crippen molar-refractivity contribution in [3.63, 3.8) is 0 Å². The number of anilines is 2. The summed E-state index contributed by atoms with van der Waals surface area (Å²) in [7, 11) is 0. The lowest BCUT2D eigenvalue weighted by molar-refractivity contribution is -0.121. The lowest BCUT2D eigenvalue weighted by atomic mass is 9.64. The van der Waals surface area contributed by atoms with Crippen LogP contribution in [0.15, 0.2) is 94.9 Å². The number of nitrogens with zero attached hydrogens (tertiary/aromatic N) is 1. The van der Waals surface area contributed by atoms with Gasteiger partial charge in [0.25, 0.3) is 0 Å². The molecule has 0 aliphatic carbocycles. The molecule has 1 N–H and O–H groups in total. The molecule has 2 aromatic heterocycles. The summed E-state index contributed by atoms with van der Waals surface area (Å²) in [5.74, 6) is -1.70. The Bertz CT molecular complexity index is 1560. The normalized spacial score (nSPS) is 25.4. The van der Waals surface area contributed by atoms with Crippen molar-refractivity contribution in [3.05, 3.63) is 112 Å². The Hall–Kier alpha value is -4.23. The quantitative estimate of drug-likeness (QED) is 0.396. The SMILES string of the molecule is O=C(c1cccs1)[C@@H]1[C@H](C(=O)c2ccco2)[C@@]2(C(=O)Nc3ccccc32)[C@H]2C=Cc3ccccc3N12. The average Bonchev–Trinajstić information content (AvgIpc) is 3.70. The molecule has 7 rings (SSSR count). The smallest absolute Gasteiger partial charge is 0.238 e. The van der Waals surface area contributed by atoms with Crippen LogP contribution < -0.4 is 10.2 Å². The van der Waals surface area contributed by atoms with Gasteiger partial charge in [-0.25, -0.2) is 0 Å². The number of benzene rings is 2. The second kappa shape index (κ2) is 7.63. The van der Waals surface area contributed by atoms with Gasteiger partial charge in [0.2, 0.25) is 11.7 Å². The fraction of sp³-hybridized carbons (Fsp3) is 0.138. The number of rotatable bonds is 4. The van der Waals surface area contributed by atoms with E-state index in [1.165, 1.54) is 17.6 Å². The van der Waals surface area contributed by atoms with E-state index < -0.39 is 23.4 Å². The summed E-state index contributed by atoms with van der Waals surface area (Å²) < 4.78 is 5.55. The van der Waals surface area contributed by atoms with Crippen LogP contribution in [0.2, 0.25) is 0 Å². The van der Waals surface area contributed by atoms with Crippen LogP contribution in [0, 0.1) is 5.92 Å². The highest BCUT2D eigenvalue weighted by molar-refractivity contribution is 7.12. The van der Waals surface area contributed by atoms with Crippen LogP contribution in [0.25, 0.3) is 6.08 Å². The van der Waals surface area contributed by atoms with Gasteiger partial charge in [-0.1, -0.05) is 54.6 Å². The van der Waals surface area contributed by atoms with Crippen molar-refractivity contribution < 1.29 is 18.8 Å². The van der Waals surface area contributed by atoms with Crippen LogP contribution in [0.1, 0.15) is 31.4 Å². The number of fused-ring (bicyclic) bond motifs is 6. The number of hydrogen-bond donors (Lipinski definition) is 1. The second-order valence-corrected chi connectivity index (χ2v) is 10.2. The molecule has 36 heavy (non-hydrogen) atoms. The van der Waals surface area contributed by atoms with Gasteiger partial charge in [0.1, 0.15) is 11.5 Å². The van der Waals surface area contributed by atoms with Gasteiger partial charge in [-0.3, -0.25) is 14.4 Å². The van der Waals surface area contributed by atoms with Crippen molar-refractivity contribution in [1.29, 1.82) is 0 Å². The summed E-state index contributed by atoms with van der Waals surface area (Å²) in [5.41, 5.74) is 1.83. The predicted molar refractivity (Wildman–Crippen MR) is 137 cm³/mol. The van der Waals surface area contributed by atoms with Gasteiger partial charge in [0.05, 0.1) is 23.1 Å². The van der Waals surface area contributed by atoms with E-state index in [2.05, 4.69) is 5.32 Å². The lowest BCUT2D eigenvalue weighted by Crippen LogP contribution is -2.51. The molecule has 1 fully saturated rings. The molecule has 4 atom stereocenters. The molecule has 0 bridgehead atoms. The van der Waals surface area contributed by atoms with Gasteiger partial charge >= 0.3 is 0 Å². The fourth-order valence-electron chi connectivity index (χ4n) is 6.26. The summed E-state index contributed by atoms with van der Waals surface area (Å²) in [5, 5.41) is 4.87. The standard InChI is InChI=1S/C29H20N2O4S/c32-26(21-11-5-15-35-21)24-25(27(33)22-12-6-16-36-22)31-20-10-4-1-7-17(20)13-14-23(31)29(24)18-8-2-3-9-19(18)30-28(29)34/h1-16,23-25H,(H,30,34)/t23-,24-,25+,29+/m1/s1. The Balaban J connectivity index is 1.55. The molecule has 0 radical (unpaired) electrons. The number of ketones is 2. The van der Waals surface area contributed by atoms with Crippen LogP contribution >= 0.6 is 11.3 Å². The average molecular weight is 493 g/mol. The van der Waals surface area contributed by atoms with Crippen molar-refractivity contribution in [2.24, 2.45) is 5.92 Å². The van der Waals surface area contributed by atoms with E-state index >= 15 is 0 Å². The predicted octanol–water partition coefficient (Wildman–Crippen LogP) is 5.20. The van der Waals surface area contributed by atoms with Crippen LogP contribution in [0.3, 0.4) is 0 Å². The number of carbonyl (C=O) groups is 3. The molecule has 2 aromatic carbocycles. The summed E-state index contributed by atoms with van der Waals surface area (Å²) in [6, 6.07) is 20.6. The molecule has 1 amide bonds. The maximum atomic E-state index is 14.3. The van der Waals surface area contributed by atoms with Crippen LogP contribution in [0.4, 0.5) is 11.4 Å². The highest BCUT2D eigenvalue weighted by atomic mass is 32.1. The second-order valence-electron chi connectivity index (χ2n) is 9.24. The molecule has 3 aliphatic heterocycles. The minimum absolute atomic E-state index is 0.137. The Morgan fingerprint density at radius 3 is 2.58 bits per heavy atom. The van der Waals surface area contributed by atoms with E-state index in [0.717, 1.165) is 16.8 Å². The highest BCUT2D eigenvalue weighted by Gasteiger charge is 2.70. The van der Waals surface area contributed by atoms with Crippen molar-refractivity contribution in [2.45, 2.75) is 17.5 Å². The largest absolute Gasteiger partial charge is 0.461 e. The maximum absolute atomic E-state index is 14.3. The minimum atomic E-state index is -1.32. The zero-order valence-electron chi connectivity index (χ0n) is 19.0. The van der Waals surface area contributed by atoms with Gasteiger partial charge < -0.3 is 14.6 Å². The molecule has 4 aromatic rings. The van der Waals surface area contributed by atoms with E-state index in [0.29, 0.717) is 10.6 Å². The Morgan fingerprint density at radius 1 is 0.944 bits per heavy atom. The monoisotopic (exact) mass is 492 g/mol.